The van der Waals surface area contributed by atoms with Gasteiger partial charge in [-0.2, -0.15) is 0 Å². The smallest absolute Gasteiger partial charge is 0.411 e. The minimum absolute atomic E-state index is 0.213. The van der Waals surface area contributed by atoms with E-state index < -0.39 is 24.6 Å². The number of anilines is 1. The van der Waals surface area contributed by atoms with Crippen LogP contribution in [0.2, 0.25) is 0 Å². The number of ether oxygens (including phenoxy) is 2. The Hall–Kier alpha value is -3.88. The summed E-state index contributed by atoms with van der Waals surface area (Å²) in [5.74, 6) is -1.34. The second-order valence-electron chi connectivity index (χ2n) is 6.57. The number of fused-ring (bicyclic) bond motifs is 1. The van der Waals surface area contributed by atoms with Gasteiger partial charge in [0.1, 0.15) is 6.54 Å². The maximum atomic E-state index is 12.2. The van der Waals surface area contributed by atoms with Crippen LogP contribution in [0.15, 0.2) is 48.5 Å². The van der Waals surface area contributed by atoms with Gasteiger partial charge in [-0.05, 0) is 29.3 Å². The van der Waals surface area contributed by atoms with Crippen LogP contribution in [0.3, 0.4) is 0 Å². The van der Waals surface area contributed by atoms with Crippen LogP contribution in [0.4, 0.5) is 10.5 Å². The van der Waals surface area contributed by atoms with Gasteiger partial charge in [-0.1, -0.05) is 30.3 Å². The summed E-state index contributed by atoms with van der Waals surface area (Å²) >= 11 is 0. The second-order valence-corrected chi connectivity index (χ2v) is 6.57. The molecule has 1 heterocycles. The maximum absolute atomic E-state index is 12.2. The molecule has 3 amide bonds. The predicted molar refractivity (Wildman–Crippen MR) is 106 cm³/mol. The molecule has 1 aliphatic rings. The van der Waals surface area contributed by atoms with Gasteiger partial charge in [0.2, 0.25) is 0 Å². The summed E-state index contributed by atoms with van der Waals surface area (Å²) in [6, 6.07) is 14.0. The quantitative estimate of drug-likeness (QED) is 0.670. The number of esters is 1. The first-order valence-electron chi connectivity index (χ1n) is 9.19. The van der Waals surface area contributed by atoms with E-state index >= 15 is 0 Å². The third-order valence-electron chi connectivity index (χ3n) is 4.46. The Kier molecular flexibility index (Phi) is 6.63. The summed E-state index contributed by atoms with van der Waals surface area (Å²) in [6.07, 6.45) is -0.572. The standard InChI is InChI=1S/C21H21N3O6/c1-29-21(28)23-16-8-6-14(7-9-16)10-22-18(25)13-30-19(26)12-24-11-15-4-2-3-5-17(15)20(24)27/h2-9H,10-13H2,1H3,(H,22,25)(H,23,28). The van der Waals surface area contributed by atoms with Gasteiger partial charge in [-0.25, -0.2) is 4.79 Å². The third-order valence-corrected chi connectivity index (χ3v) is 4.46. The Bertz CT molecular complexity index is 957. The Balaban J connectivity index is 1.38. The average molecular weight is 411 g/mol. The van der Waals surface area contributed by atoms with Gasteiger partial charge in [-0.15, -0.1) is 0 Å². The molecule has 0 aliphatic carbocycles. The van der Waals surface area contributed by atoms with Gasteiger partial charge in [0.15, 0.2) is 6.61 Å². The molecule has 0 atom stereocenters. The van der Waals surface area contributed by atoms with Gasteiger partial charge in [0.05, 0.1) is 7.11 Å². The fraction of sp³-hybridized carbons (Fsp3) is 0.238. The summed E-state index contributed by atoms with van der Waals surface area (Å²) < 4.78 is 9.47. The van der Waals surface area contributed by atoms with Crippen molar-refractivity contribution < 1.29 is 28.7 Å². The zero-order valence-electron chi connectivity index (χ0n) is 16.3. The molecule has 0 aromatic heterocycles. The molecule has 0 fully saturated rings. The van der Waals surface area contributed by atoms with Crippen molar-refractivity contribution in [2.75, 3.05) is 25.6 Å². The summed E-state index contributed by atoms with van der Waals surface area (Å²) in [5.41, 5.74) is 2.80. The van der Waals surface area contributed by atoms with Crippen molar-refractivity contribution in [2.45, 2.75) is 13.1 Å². The van der Waals surface area contributed by atoms with E-state index in [-0.39, 0.29) is 19.0 Å². The summed E-state index contributed by atoms with van der Waals surface area (Å²) in [6.45, 7) is -0.0722. The molecule has 0 spiro atoms. The van der Waals surface area contributed by atoms with Gasteiger partial charge < -0.3 is 19.7 Å². The monoisotopic (exact) mass is 411 g/mol. The number of carbonyl (C=O) groups excluding carboxylic acids is 4. The van der Waals surface area contributed by atoms with E-state index in [2.05, 4.69) is 15.4 Å². The van der Waals surface area contributed by atoms with Crippen molar-refractivity contribution in [3.8, 4) is 0 Å². The lowest BCUT2D eigenvalue weighted by Crippen LogP contribution is -2.34. The molecule has 30 heavy (non-hydrogen) atoms. The van der Waals surface area contributed by atoms with Crippen molar-refractivity contribution >= 4 is 29.6 Å². The number of amides is 3. The van der Waals surface area contributed by atoms with Crippen LogP contribution in [-0.2, 0) is 32.2 Å². The highest BCUT2D eigenvalue weighted by molar-refractivity contribution is 5.99. The Morgan fingerprint density at radius 3 is 2.50 bits per heavy atom. The molecule has 156 valence electrons. The summed E-state index contributed by atoms with van der Waals surface area (Å²) in [4.78, 5) is 48.7. The number of nitrogens with one attached hydrogen (secondary N) is 2. The Morgan fingerprint density at radius 1 is 1.07 bits per heavy atom. The number of benzene rings is 2. The van der Waals surface area contributed by atoms with Crippen LogP contribution in [0.1, 0.15) is 21.5 Å². The zero-order chi connectivity index (χ0) is 21.5. The number of hydrogen-bond donors (Lipinski definition) is 2. The second kappa shape index (κ2) is 9.55. The highest BCUT2D eigenvalue weighted by atomic mass is 16.5. The first kappa shape index (κ1) is 20.8. The van der Waals surface area contributed by atoms with Crippen LogP contribution in [-0.4, -0.2) is 49.0 Å². The lowest BCUT2D eigenvalue weighted by atomic mass is 10.1. The molecule has 9 heteroatoms. The van der Waals surface area contributed by atoms with Crippen molar-refractivity contribution in [1.29, 1.82) is 0 Å². The number of nitrogens with zero attached hydrogens (tertiary/aromatic N) is 1. The molecule has 0 unspecified atom stereocenters. The molecule has 0 bridgehead atoms. The summed E-state index contributed by atoms with van der Waals surface area (Å²) in [5, 5.41) is 5.15. The molecule has 2 aromatic carbocycles. The Labute approximate surface area is 172 Å². The third kappa shape index (κ3) is 5.34. The highest BCUT2D eigenvalue weighted by Gasteiger charge is 2.28. The van der Waals surface area contributed by atoms with E-state index in [0.29, 0.717) is 17.8 Å². The number of rotatable bonds is 7. The predicted octanol–water partition coefficient (Wildman–Crippen LogP) is 1.68. The molecule has 0 saturated heterocycles. The molecular formula is C21H21N3O6. The van der Waals surface area contributed by atoms with Crippen LogP contribution >= 0.6 is 0 Å². The van der Waals surface area contributed by atoms with E-state index in [1.54, 1.807) is 36.4 Å². The number of carbonyl (C=O) groups is 4. The molecule has 9 nitrogen and oxygen atoms in total. The molecule has 1 aliphatic heterocycles. The first-order valence-corrected chi connectivity index (χ1v) is 9.19. The Morgan fingerprint density at radius 2 is 1.80 bits per heavy atom. The van der Waals surface area contributed by atoms with Gasteiger partial charge in [0.25, 0.3) is 11.8 Å². The van der Waals surface area contributed by atoms with Gasteiger partial charge in [-0.3, -0.25) is 19.7 Å². The van der Waals surface area contributed by atoms with Crippen molar-refractivity contribution in [1.82, 2.24) is 10.2 Å². The fourth-order valence-electron chi connectivity index (χ4n) is 2.92. The first-order chi connectivity index (χ1) is 14.5. The van der Waals surface area contributed by atoms with E-state index in [1.807, 2.05) is 12.1 Å². The average Bonchev–Trinajstić information content (AvgIpc) is 3.07. The zero-order valence-corrected chi connectivity index (χ0v) is 16.3. The number of hydrogen-bond acceptors (Lipinski definition) is 6. The van der Waals surface area contributed by atoms with Gasteiger partial charge in [0, 0.05) is 24.3 Å². The topological polar surface area (TPSA) is 114 Å². The van der Waals surface area contributed by atoms with Crippen LogP contribution in [0.5, 0.6) is 0 Å². The minimum atomic E-state index is -0.649. The normalized spacial score (nSPS) is 12.2. The maximum Gasteiger partial charge on any atom is 0.411 e. The van der Waals surface area contributed by atoms with Crippen LogP contribution < -0.4 is 10.6 Å². The van der Waals surface area contributed by atoms with Crippen molar-refractivity contribution in [3.63, 3.8) is 0 Å². The van der Waals surface area contributed by atoms with Crippen LogP contribution in [0.25, 0.3) is 0 Å². The van der Waals surface area contributed by atoms with E-state index in [0.717, 1.165) is 11.1 Å². The minimum Gasteiger partial charge on any atom is -0.454 e. The van der Waals surface area contributed by atoms with E-state index in [1.165, 1.54) is 12.0 Å². The van der Waals surface area contributed by atoms with Gasteiger partial charge >= 0.3 is 12.1 Å². The van der Waals surface area contributed by atoms with Crippen LogP contribution in [0, 0.1) is 0 Å². The lowest BCUT2D eigenvalue weighted by Gasteiger charge is -2.14. The molecule has 2 N–H and O–H groups in total. The summed E-state index contributed by atoms with van der Waals surface area (Å²) in [7, 11) is 1.27. The van der Waals surface area contributed by atoms with Crippen molar-refractivity contribution in [3.05, 3.63) is 65.2 Å². The SMILES string of the molecule is COC(=O)Nc1ccc(CNC(=O)COC(=O)CN2Cc3ccccc3C2=O)cc1. The van der Waals surface area contributed by atoms with E-state index in [4.69, 9.17) is 4.74 Å². The molecule has 3 rings (SSSR count). The molecule has 2 aromatic rings. The molecule has 0 saturated carbocycles. The molecular weight excluding hydrogens is 390 g/mol. The number of methoxy groups -OCH3 is 1. The highest BCUT2D eigenvalue weighted by Crippen LogP contribution is 2.21. The largest absolute Gasteiger partial charge is 0.454 e. The van der Waals surface area contributed by atoms with Crippen molar-refractivity contribution in [2.24, 2.45) is 0 Å². The fourth-order valence-corrected chi connectivity index (χ4v) is 2.92. The lowest BCUT2D eigenvalue weighted by molar-refractivity contribution is -0.149. The molecule has 0 radical (unpaired) electrons. The van der Waals surface area contributed by atoms with E-state index in [9.17, 15) is 19.2 Å².